The summed E-state index contributed by atoms with van der Waals surface area (Å²) in [5.41, 5.74) is 0.325. The third-order valence-corrected chi connectivity index (χ3v) is 6.58. The van der Waals surface area contributed by atoms with Crippen LogP contribution < -0.4 is 9.80 Å². The van der Waals surface area contributed by atoms with Crippen LogP contribution in [0.5, 0.6) is 0 Å². The standard InChI is InChI=1S/C14H16N6O2S2/c15-9-11-13(19-1-5-23-6-2-19)17-12(10-16)14(18-11)20-3-7-24(21,22)8-4-20/h1-8H2. The lowest BCUT2D eigenvalue weighted by Crippen LogP contribution is -2.41. The number of anilines is 2. The van der Waals surface area contributed by atoms with Gasteiger partial charge in [-0.2, -0.15) is 22.3 Å². The van der Waals surface area contributed by atoms with Crippen LogP contribution in [0.15, 0.2) is 0 Å². The molecule has 24 heavy (non-hydrogen) atoms. The first-order valence-corrected chi connectivity index (χ1v) is 10.5. The van der Waals surface area contributed by atoms with Crippen molar-refractivity contribution in [1.29, 1.82) is 10.5 Å². The zero-order valence-corrected chi connectivity index (χ0v) is 14.6. The van der Waals surface area contributed by atoms with E-state index >= 15 is 0 Å². The molecule has 0 bridgehead atoms. The molecule has 3 heterocycles. The fourth-order valence-corrected chi connectivity index (χ4v) is 4.81. The average Bonchev–Trinajstić information content (AvgIpc) is 2.61. The molecular weight excluding hydrogens is 348 g/mol. The van der Waals surface area contributed by atoms with Gasteiger partial charge in [-0.3, -0.25) is 0 Å². The second-order valence-electron chi connectivity index (χ2n) is 5.53. The number of hydrogen-bond acceptors (Lipinski definition) is 9. The van der Waals surface area contributed by atoms with Crippen LogP contribution in [-0.2, 0) is 9.84 Å². The molecule has 1 aromatic heterocycles. The van der Waals surface area contributed by atoms with E-state index in [4.69, 9.17) is 0 Å². The molecule has 2 saturated heterocycles. The smallest absolute Gasteiger partial charge is 0.185 e. The van der Waals surface area contributed by atoms with E-state index in [0.29, 0.717) is 11.6 Å². The Morgan fingerprint density at radius 3 is 1.79 bits per heavy atom. The molecule has 0 radical (unpaired) electrons. The molecule has 0 unspecified atom stereocenters. The number of rotatable bonds is 2. The van der Waals surface area contributed by atoms with Gasteiger partial charge in [0.25, 0.3) is 0 Å². The normalized spacial score (nSPS) is 20.2. The molecule has 2 aliphatic rings. The maximum atomic E-state index is 11.6. The number of thioether (sulfide) groups is 1. The van der Waals surface area contributed by atoms with Crippen molar-refractivity contribution >= 4 is 33.2 Å². The number of aromatic nitrogens is 2. The lowest BCUT2D eigenvalue weighted by atomic mass is 10.3. The number of nitrogens with zero attached hydrogens (tertiary/aromatic N) is 6. The fourth-order valence-electron chi connectivity index (χ4n) is 2.71. The van der Waals surface area contributed by atoms with Gasteiger partial charge in [0.05, 0.1) is 11.5 Å². The van der Waals surface area contributed by atoms with E-state index in [-0.39, 0.29) is 36.0 Å². The Morgan fingerprint density at radius 1 is 0.875 bits per heavy atom. The van der Waals surface area contributed by atoms with Gasteiger partial charge in [-0.15, -0.1) is 0 Å². The van der Waals surface area contributed by atoms with Crippen LogP contribution in [0.4, 0.5) is 11.6 Å². The molecule has 0 aliphatic carbocycles. The Kier molecular flexibility index (Phi) is 4.78. The van der Waals surface area contributed by atoms with Crippen LogP contribution in [0.25, 0.3) is 0 Å². The van der Waals surface area contributed by atoms with E-state index < -0.39 is 9.84 Å². The monoisotopic (exact) mass is 364 g/mol. The summed E-state index contributed by atoms with van der Waals surface area (Å²) in [5.74, 6) is 2.68. The van der Waals surface area contributed by atoms with Crippen molar-refractivity contribution < 1.29 is 8.42 Å². The van der Waals surface area contributed by atoms with E-state index in [0.717, 1.165) is 24.6 Å². The zero-order valence-electron chi connectivity index (χ0n) is 13.0. The fraction of sp³-hybridized carbons (Fsp3) is 0.571. The Bertz CT molecular complexity index is 807. The Labute approximate surface area is 145 Å². The quantitative estimate of drug-likeness (QED) is 0.715. The van der Waals surface area contributed by atoms with Gasteiger partial charge in [-0.1, -0.05) is 0 Å². The molecule has 0 spiro atoms. The molecule has 3 rings (SSSR count). The highest BCUT2D eigenvalue weighted by molar-refractivity contribution is 7.99. The van der Waals surface area contributed by atoms with Crippen LogP contribution in [0, 0.1) is 22.7 Å². The highest BCUT2D eigenvalue weighted by Gasteiger charge is 2.27. The topological polar surface area (TPSA) is 114 Å². The number of nitriles is 2. The first-order chi connectivity index (χ1) is 11.5. The molecule has 10 heteroatoms. The minimum absolute atomic E-state index is 0.0204. The molecule has 0 amide bonds. The van der Waals surface area contributed by atoms with Crippen molar-refractivity contribution in [3.63, 3.8) is 0 Å². The third kappa shape index (κ3) is 3.40. The van der Waals surface area contributed by atoms with Crippen molar-refractivity contribution in [2.75, 3.05) is 59.0 Å². The van der Waals surface area contributed by atoms with Gasteiger partial charge in [-0.25, -0.2) is 18.4 Å². The van der Waals surface area contributed by atoms with E-state index in [1.54, 1.807) is 4.90 Å². The molecule has 8 nitrogen and oxygen atoms in total. The summed E-state index contributed by atoms with van der Waals surface area (Å²) in [6, 6.07) is 4.10. The summed E-state index contributed by atoms with van der Waals surface area (Å²) in [6.45, 7) is 2.05. The highest BCUT2D eigenvalue weighted by Crippen LogP contribution is 2.26. The maximum Gasteiger partial charge on any atom is 0.185 e. The van der Waals surface area contributed by atoms with Crippen LogP contribution in [0.3, 0.4) is 0 Å². The minimum Gasteiger partial charge on any atom is -0.353 e. The summed E-state index contributed by atoms with van der Waals surface area (Å²) >= 11 is 1.84. The first kappa shape index (κ1) is 16.8. The van der Waals surface area contributed by atoms with Gasteiger partial charge in [0, 0.05) is 37.7 Å². The lowest BCUT2D eigenvalue weighted by molar-refractivity contribution is 0.586. The van der Waals surface area contributed by atoms with Gasteiger partial charge in [0.2, 0.25) is 0 Å². The summed E-state index contributed by atoms with van der Waals surface area (Å²) < 4.78 is 23.2. The van der Waals surface area contributed by atoms with E-state index in [1.165, 1.54) is 0 Å². The predicted molar refractivity (Wildman–Crippen MR) is 91.9 cm³/mol. The van der Waals surface area contributed by atoms with Crippen molar-refractivity contribution in [2.45, 2.75) is 0 Å². The molecule has 0 aromatic carbocycles. The van der Waals surface area contributed by atoms with Crippen LogP contribution in [0.2, 0.25) is 0 Å². The van der Waals surface area contributed by atoms with E-state index in [1.807, 2.05) is 22.7 Å². The molecule has 126 valence electrons. The van der Waals surface area contributed by atoms with Crippen LogP contribution in [0.1, 0.15) is 11.4 Å². The second kappa shape index (κ2) is 6.83. The van der Waals surface area contributed by atoms with Gasteiger partial charge >= 0.3 is 0 Å². The summed E-state index contributed by atoms with van der Waals surface area (Å²) in [6.07, 6.45) is 0. The predicted octanol–water partition coefficient (Wildman–Crippen LogP) is 0.00796. The Balaban J connectivity index is 1.96. The summed E-state index contributed by atoms with van der Waals surface area (Å²) in [5, 5.41) is 18.9. The molecule has 0 N–H and O–H groups in total. The molecule has 2 aliphatic heterocycles. The maximum absolute atomic E-state index is 11.6. The zero-order chi connectivity index (χ0) is 17.2. The van der Waals surface area contributed by atoms with Gasteiger partial charge < -0.3 is 9.80 Å². The van der Waals surface area contributed by atoms with Crippen LogP contribution >= 0.6 is 11.8 Å². The molecule has 0 saturated carbocycles. The number of hydrogen-bond donors (Lipinski definition) is 0. The SMILES string of the molecule is N#Cc1nc(N2CCS(=O)(=O)CC2)c(C#N)nc1N1CCSCC1. The van der Waals surface area contributed by atoms with Gasteiger partial charge in [-0.05, 0) is 0 Å². The Morgan fingerprint density at radius 2 is 1.33 bits per heavy atom. The molecule has 1 aromatic rings. The van der Waals surface area contributed by atoms with Crippen molar-refractivity contribution in [2.24, 2.45) is 0 Å². The second-order valence-corrected chi connectivity index (χ2v) is 9.06. The van der Waals surface area contributed by atoms with Crippen molar-refractivity contribution in [3.05, 3.63) is 11.4 Å². The van der Waals surface area contributed by atoms with Crippen molar-refractivity contribution in [3.8, 4) is 12.1 Å². The first-order valence-electron chi connectivity index (χ1n) is 7.54. The Hall–Kier alpha value is -2.04. The van der Waals surface area contributed by atoms with Crippen LogP contribution in [-0.4, -0.2) is 67.6 Å². The van der Waals surface area contributed by atoms with E-state index in [2.05, 4.69) is 16.0 Å². The van der Waals surface area contributed by atoms with Crippen molar-refractivity contribution in [1.82, 2.24) is 9.97 Å². The summed E-state index contributed by atoms with van der Waals surface area (Å²) in [4.78, 5) is 12.4. The van der Waals surface area contributed by atoms with Gasteiger partial charge in [0.15, 0.2) is 32.9 Å². The highest BCUT2D eigenvalue weighted by atomic mass is 32.2. The summed E-state index contributed by atoms with van der Waals surface area (Å²) in [7, 11) is -3.03. The molecule has 2 fully saturated rings. The number of sulfone groups is 1. The lowest BCUT2D eigenvalue weighted by Gasteiger charge is -2.30. The molecule has 0 atom stereocenters. The molecular formula is C14H16N6O2S2. The van der Waals surface area contributed by atoms with Gasteiger partial charge in [0.1, 0.15) is 12.1 Å². The van der Waals surface area contributed by atoms with E-state index in [9.17, 15) is 18.9 Å². The third-order valence-electron chi connectivity index (χ3n) is 4.03. The largest absolute Gasteiger partial charge is 0.353 e. The average molecular weight is 364 g/mol. The minimum atomic E-state index is -3.03.